The number of hydrogen-bond acceptors (Lipinski definition) is 5. The summed E-state index contributed by atoms with van der Waals surface area (Å²) >= 11 is 0. The summed E-state index contributed by atoms with van der Waals surface area (Å²) in [6.45, 7) is 0. The lowest BCUT2D eigenvalue weighted by molar-refractivity contribution is 0.824. The maximum Gasteiger partial charge on any atom is -0.344 e. The van der Waals surface area contributed by atoms with Crippen molar-refractivity contribution in [2.24, 2.45) is 0 Å². The molecule has 0 amide bonds. The van der Waals surface area contributed by atoms with Crippen LogP contribution in [0, 0.1) is 0 Å². The molecule has 6 heteroatoms. The highest BCUT2D eigenvalue weighted by molar-refractivity contribution is 2.14. The summed E-state index contributed by atoms with van der Waals surface area (Å²) in [7, 11) is 0. The Morgan fingerprint density at radius 3 is 0.333 bits per heavy atom. The van der Waals surface area contributed by atoms with Gasteiger partial charge in [-0.15, -0.1) is 0 Å². The van der Waals surface area contributed by atoms with Crippen molar-refractivity contribution in [3.63, 3.8) is 0 Å². The van der Waals surface area contributed by atoms with Crippen LogP contribution in [0.5, 0.6) is 0 Å². The Morgan fingerprint density at radius 1 is 0.333 bits per heavy atom. The minimum atomic E-state index is 0. The number of hydrogen-bond donors (Lipinski definition) is 5. The van der Waals surface area contributed by atoms with E-state index in [1.807, 2.05) is 0 Å². The molecule has 0 aromatic heterocycles. The molecular weight excluding hydrogens is 86.0 g/mol. The van der Waals surface area contributed by atoms with Crippen molar-refractivity contribution >= 4 is 0 Å². The van der Waals surface area contributed by atoms with E-state index >= 15 is 0 Å². The fourth-order valence-electron chi connectivity index (χ4n) is 0. The molecule has 6 nitrogen and oxygen atoms in total. The zero-order valence-corrected chi connectivity index (χ0v) is 4.04. The van der Waals surface area contributed by atoms with E-state index in [0.29, 0.717) is 0 Å². The highest BCUT2D eigenvalue weighted by Crippen LogP contribution is -0.289. The molecule has 0 radical (unpaired) electrons. The lowest BCUT2D eigenvalue weighted by Crippen LogP contribution is -0.482. The minimum Gasteiger partial charge on any atom is -0.412 e. The maximum atomic E-state index is 0. The molecular formula is H17N5O. The van der Waals surface area contributed by atoms with Gasteiger partial charge in [-0.1, -0.05) is 0 Å². The molecule has 0 rings (SSSR count). The molecule has 0 spiro atoms. The summed E-state index contributed by atoms with van der Waals surface area (Å²) in [6, 6.07) is 0. The first-order valence-electron chi connectivity index (χ1n) is 0. The summed E-state index contributed by atoms with van der Waals surface area (Å²) in [5.41, 5.74) is 0. The second kappa shape index (κ2) is 1170. The van der Waals surface area contributed by atoms with Crippen LogP contribution in [-0.4, -0.2) is 5.48 Å². The van der Waals surface area contributed by atoms with Crippen LogP contribution in [0.1, 0.15) is 0 Å². The Bertz CT molecular complexity index is 3.90. The van der Waals surface area contributed by atoms with Crippen LogP contribution < -0.4 is 30.8 Å². The smallest absolute Gasteiger partial charge is 0.344 e. The normalized spacial score (nSPS) is 0. The van der Waals surface area contributed by atoms with E-state index in [4.69, 9.17) is 0 Å². The molecule has 0 heterocycles. The molecule has 17 N–H and O–H groups in total. The van der Waals surface area contributed by atoms with Crippen molar-refractivity contribution in [2.75, 3.05) is 0 Å². The summed E-state index contributed by atoms with van der Waals surface area (Å²) in [5.74, 6) is 0. The topological polar surface area (TPSA) is 206 Å². The predicted molar refractivity (Wildman–Crippen MR) is 28.7 cm³/mol. The molecule has 0 saturated heterocycles. The van der Waals surface area contributed by atoms with Gasteiger partial charge < -0.3 is 36.2 Å². The Kier molecular flexibility index (Phi) is 441000. The predicted octanol–water partition coefficient (Wildman–Crippen LogP) is -0.0147. The fraction of sp³-hybridized carbons (Fsp3) is 0. The molecule has 0 aliphatic carbocycles. The first-order valence-corrected chi connectivity index (χ1v) is 0. The molecule has 6 heavy (non-hydrogen) atoms. The summed E-state index contributed by atoms with van der Waals surface area (Å²) in [4.78, 5) is 0. The third kappa shape index (κ3) is 497. The highest BCUT2D eigenvalue weighted by Gasteiger charge is -0.340. The lowest BCUT2D eigenvalue weighted by atomic mass is 14.0. The molecule has 0 aromatic rings. The second-order valence-corrected chi connectivity index (χ2v) is 0. The van der Waals surface area contributed by atoms with Gasteiger partial charge in [0.2, 0.25) is 0 Å². The molecule has 0 saturated carbocycles. The van der Waals surface area contributed by atoms with E-state index in [2.05, 4.69) is 0 Å². The Hall–Kier alpha value is -0.240. The van der Waals surface area contributed by atoms with Gasteiger partial charge in [-0.3, -0.25) is 0 Å². The van der Waals surface area contributed by atoms with Crippen LogP contribution in [0.4, 0.5) is 0 Å². The second-order valence-electron chi connectivity index (χ2n) is 0. The number of rotatable bonds is 0. The van der Waals surface area contributed by atoms with Crippen LogP contribution in [0.2, 0.25) is 0 Å². The molecule has 0 aliphatic heterocycles. The minimum absolute atomic E-state index is 0. The van der Waals surface area contributed by atoms with Crippen molar-refractivity contribution in [3.05, 3.63) is 0 Å². The van der Waals surface area contributed by atoms with Gasteiger partial charge in [-0.25, -0.2) is 0 Å². The van der Waals surface area contributed by atoms with Crippen molar-refractivity contribution in [1.82, 2.24) is 30.8 Å². The van der Waals surface area contributed by atoms with Gasteiger partial charge in [0.15, 0.2) is 0 Å². The van der Waals surface area contributed by atoms with Crippen molar-refractivity contribution in [2.45, 2.75) is 0 Å². The monoisotopic (exact) mass is 103 g/mol. The third-order valence-corrected chi connectivity index (χ3v) is 0. The van der Waals surface area contributed by atoms with E-state index < -0.39 is 0 Å². The summed E-state index contributed by atoms with van der Waals surface area (Å²) < 4.78 is 0. The van der Waals surface area contributed by atoms with Crippen molar-refractivity contribution in [3.8, 4) is 0 Å². The van der Waals surface area contributed by atoms with Gasteiger partial charge in [0.25, 0.3) is 0 Å². The standard InChI is InChI=1S/5H3N.H2O/h5*1H3;1H2. The highest BCUT2D eigenvalue weighted by atomic mass is 16.0. The van der Waals surface area contributed by atoms with Gasteiger partial charge in [0.05, 0.1) is 0 Å². The molecule has 48 valence electrons. The summed E-state index contributed by atoms with van der Waals surface area (Å²) in [5, 5.41) is 0. The quantitative estimate of drug-likeness (QED) is 0.285. The maximum absolute atomic E-state index is 0. The van der Waals surface area contributed by atoms with E-state index in [9.17, 15) is 0 Å². The lowest BCUT2D eigenvalue weighted by Gasteiger charge is -0.412. The first kappa shape index (κ1) is 2270. The molecule has 0 atom stereocenters. The van der Waals surface area contributed by atoms with E-state index in [-0.39, 0.29) is 36.2 Å². The SMILES string of the molecule is N.N.N.N.N.O. The van der Waals surface area contributed by atoms with Gasteiger partial charge in [-0.05, 0) is 0 Å². The van der Waals surface area contributed by atoms with Gasteiger partial charge >= 0.3 is 0 Å². The Balaban J connectivity index is 0. The molecule has 0 aromatic carbocycles. The van der Waals surface area contributed by atoms with E-state index in [0.717, 1.165) is 0 Å². The molecule has 0 unspecified atom stereocenters. The van der Waals surface area contributed by atoms with Crippen LogP contribution in [0.3, 0.4) is 0 Å². The largest absolute Gasteiger partial charge is 0.412 e. The molecule has 0 aliphatic rings. The van der Waals surface area contributed by atoms with Gasteiger partial charge in [0, 0.05) is 0 Å². The molecule has 0 bridgehead atoms. The first-order chi connectivity index (χ1) is 0. The van der Waals surface area contributed by atoms with E-state index in [1.54, 1.807) is 0 Å². The van der Waals surface area contributed by atoms with Crippen LogP contribution in [0.25, 0.3) is 0 Å². The van der Waals surface area contributed by atoms with Crippen molar-refractivity contribution < 1.29 is 5.48 Å². The van der Waals surface area contributed by atoms with Crippen LogP contribution in [-0.2, 0) is 0 Å². The Morgan fingerprint density at radius 2 is 0.333 bits per heavy atom. The van der Waals surface area contributed by atoms with Crippen molar-refractivity contribution in [1.29, 1.82) is 0 Å². The van der Waals surface area contributed by atoms with Gasteiger partial charge in [-0.2, -0.15) is 0 Å². The summed E-state index contributed by atoms with van der Waals surface area (Å²) in [6.07, 6.45) is 0. The average molecular weight is 103 g/mol. The Labute approximate surface area is 37.5 Å². The molecule has 0 fully saturated rings. The van der Waals surface area contributed by atoms with Gasteiger partial charge in [0.1, 0.15) is 0 Å². The third-order valence-electron chi connectivity index (χ3n) is 0. The average Bonchev–Trinajstić information content (AvgIpc) is 0. The van der Waals surface area contributed by atoms with Crippen LogP contribution in [0.15, 0.2) is 0 Å². The zero-order chi connectivity index (χ0) is 0. The van der Waals surface area contributed by atoms with Crippen LogP contribution >= 0.6 is 0 Å². The van der Waals surface area contributed by atoms with E-state index in [1.165, 1.54) is 0 Å². The fourth-order valence-corrected chi connectivity index (χ4v) is 0. The zero-order valence-electron chi connectivity index (χ0n) is 4.04.